The molecular weight excluding hydrogens is 238 g/mol. The summed E-state index contributed by atoms with van der Waals surface area (Å²) in [5.41, 5.74) is 5.56. The van der Waals surface area contributed by atoms with Crippen molar-refractivity contribution in [3.8, 4) is 11.5 Å². The van der Waals surface area contributed by atoms with Gasteiger partial charge in [-0.2, -0.15) is 0 Å². The third-order valence-electron chi connectivity index (χ3n) is 2.64. The zero-order valence-corrected chi connectivity index (χ0v) is 10.0. The number of rotatable bonds is 6. The predicted octanol–water partition coefficient (Wildman–Crippen LogP) is -0.0436. The molecule has 1 aromatic rings. The van der Waals surface area contributed by atoms with Crippen molar-refractivity contribution in [2.45, 2.75) is 18.6 Å². The molecule has 0 aliphatic heterocycles. The summed E-state index contributed by atoms with van der Waals surface area (Å²) >= 11 is 0. The molecule has 100 valence electrons. The number of aliphatic hydroxyl groups is 2. The van der Waals surface area contributed by atoms with Crippen LogP contribution in [0.15, 0.2) is 12.1 Å². The van der Waals surface area contributed by atoms with Gasteiger partial charge in [0.15, 0.2) is 17.8 Å². The fraction of sp³-hybridized carbons (Fsp3) is 0.417. The van der Waals surface area contributed by atoms with Crippen LogP contribution in [0.4, 0.5) is 0 Å². The third kappa shape index (κ3) is 2.98. The first-order chi connectivity index (χ1) is 8.54. The van der Waals surface area contributed by atoms with E-state index in [2.05, 4.69) is 0 Å². The monoisotopic (exact) mass is 255 g/mol. The first-order valence-corrected chi connectivity index (χ1v) is 5.47. The van der Waals surface area contributed by atoms with Crippen LogP contribution in [0.3, 0.4) is 0 Å². The maximum absolute atomic E-state index is 10.8. The molecule has 2 atom stereocenters. The average molecular weight is 255 g/mol. The lowest BCUT2D eigenvalue weighted by atomic mass is 9.99. The number of nitrogens with two attached hydrogens (primary N) is 1. The minimum absolute atomic E-state index is 0.0108. The molecule has 0 radical (unpaired) electrons. The van der Waals surface area contributed by atoms with Gasteiger partial charge < -0.3 is 25.8 Å². The fourth-order valence-corrected chi connectivity index (χ4v) is 1.62. The molecule has 0 bridgehead atoms. The Morgan fingerprint density at radius 3 is 2.61 bits per heavy atom. The number of hydrogen-bond acceptors (Lipinski definition) is 6. The van der Waals surface area contributed by atoms with Gasteiger partial charge in [0, 0.05) is 0 Å². The summed E-state index contributed by atoms with van der Waals surface area (Å²) in [7, 11) is 1.33. The van der Waals surface area contributed by atoms with E-state index in [1.54, 1.807) is 0 Å². The standard InChI is InChI=1S/C12H17NO5/c1-18-10-5-7(4-8(6-14)12(10)17)11(16)9(15)2-3-13/h4-6,9,11,15-17H,2-3,13H2,1H3. The fourth-order valence-electron chi connectivity index (χ4n) is 1.62. The maximum Gasteiger partial charge on any atom is 0.168 e. The van der Waals surface area contributed by atoms with E-state index in [-0.39, 0.29) is 35.6 Å². The van der Waals surface area contributed by atoms with Crippen LogP contribution in [0.5, 0.6) is 11.5 Å². The molecule has 6 heteroatoms. The van der Waals surface area contributed by atoms with Crippen molar-refractivity contribution in [3.05, 3.63) is 23.3 Å². The normalized spacial score (nSPS) is 14.0. The van der Waals surface area contributed by atoms with Gasteiger partial charge in [0.1, 0.15) is 6.10 Å². The average Bonchev–Trinajstić information content (AvgIpc) is 2.38. The SMILES string of the molecule is COc1cc(C(O)C(O)CCN)cc(C=O)c1O. The van der Waals surface area contributed by atoms with Crippen molar-refractivity contribution in [3.63, 3.8) is 0 Å². The van der Waals surface area contributed by atoms with Crippen molar-refractivity contribution in [1.82, 2.24) is 0 Å². The Balaban J connectivity index is 3.12. The lowest BCUT2D eigenvalue weighted by Gasteiger charge is -2.19. The molecule has 1 aromatic carbocycles. The molecule has 0 aliphatic carbocycles. The van der Waals surface area contributed by atoms with Crippen molar-refractivity contribution < 1.29 is 24.9 Å². The Labute approximate surface area is 105 Å². The van der Waals surface area contributed by atoms with Crippen molar-refractivity contribution >= 4 is 6.29 Å². The molecule has 0 heterocycles. The van der Waals surface area contributed by atoms with E-state index in [9.17, 15) is 20.1 Å². The Morgan fingerprint density at radius 1 is 1.44 bits per heavy atom. The van der Waals surface area contributed by atoms with Gasteiger partial charge in [-0.3, -0.25) is 4.79 Å². The number of hydrogen-bond donors (Lipinski definition) is 4. The number of phenolic OH excluding ortho intramolecular Hbond substituents is 1. The van der Waals surface area contributed by atoms with E-state index >= 15 is 0 Å². The van der Waals surface area contributed by atoms with E-state index in [0.29, 0.717) is 6.29 Å². The summed E-state index contributed by atoms with van der Waals surface area (Å²) in [6.07, 6.45) is -1.56. The summed E-state index contributed by atoms with van der Waals surface area (Å²) in [5.74, 6) is -0.231. The zero-order chi connectivity index (χ0) is 13.7. The molecule has 0 amide bonds. The highest BCUT2D eigenvalue weighted by atomic mass is 16.5. The number of phenols is 1. The minimum Gasteiger partial charge on any atom is -0.504 e. The van der Waals surface area contributed by atoms with E-state index in [4.69, 9.17) is 10.5 Å². The Hall–Kier alpha value is -1.63. The summed E-state index contributed by atoms with van der Waals surface area (Å²) in [4.78, 5) is 10.8. The molecule has 0 fully saturated rings. The second kappa shape index (κ2) is 6.34. The first kappa shape index (κ1) is 14.4. The van der Waals surface area contributed by atoms with Gasteiger partial charge in [0.05, 0.1) is 18.8 Å². The number of carbonyl (C=O) groups is 1. The molecule has 1 rings (SSSR count). The number of carbonyl (C=O) groups excluding carboxylic acids is 1. The zero-order valence-electron chi connectivity index (χ0n) is 10.0. The van der Waals surface area contributed by atoms with E-state index < -0.39 is 12.2 Å². The molecule has 0 aromatic heterocycles. The van der Waals surface area contributed by atoms with E-state index in [0.717, 1.165) is 0 Å². The largest absolute Gasteiger partial charge is 0.504 e. The van der Waals surface area contributed by atoms with Gasteiger partial charge >= 0.3 is 0 Å². The highest BCUT2D eigenvalue weighted by Crippen LogP contribution is 2.33. The van der Waals surface area contributed by atoms with Crippen LogP contribution >= 0.6 is 0 Å². The number of benzene rings is 1. The molecule has 2 unspecified atom stereocenters. The topological polar surface area (TPSA) is 113 Å². The molecule has 0 aliphatic rings. The number of aldehydes is 1. The highest BCUT2D eigenvalue weighted by molar-refractivity contribution is 5.81. The van der Waals surface area contributed by atoms with Gasteiger partial charge in [-0.15, -0.1) is 0 Å². The summed E-state index contributed by atoms with van der Waals surface area (Å²) in [6.45, 7) is 0.230. The maximum atomic E-state index is 10.8. The summed E-state index contributed by atoms with van der Waals surface area (Å²) in [6, 6.07) is 2.67. The lowest BCUT2D eigenvalue weighted by molar-refractivity contribution is 0.0148. The Morgan fingerprint density at radius 2 is 2.11 bits per heavy atom. The van der Waals surface area contributed by atoms with Crippen LogP contribution < -0.4 is 10.5 Å². The van der Waals surface area contributed by atoms with Crippen molar-refractivity contribution in [2.75, 3.05) is 13.7 Å². The van der Waals surface area contributed by atoms with Crippen LogP contribution in [0.25, 0.3) is 0 Å². The van der Waals surface area contributed by atoms with Gasteiger partial charge in [0.2, 0.25) is 0 Å². The van der Waals surface area contributed by atoms with Crippen LogP contribution in [0.2, 0.25) is 0 Å². The van der Waals surface area contributed by atoms with Crippen molar-refractivity contribution in [2.24, 2.45) is 5.73 Å². The van der Waals surface area contributed by atoms with Crippen LogP contribution in [0, 0.1) is 0 Å². The molecule has 18 heavy (non-hydrogen) atoms. The predicted molar refractivity (Wildman–Crippen MR) is 64.7 cm³/mol. The highest BCUT2D eigenvalue weighted by Gasteiger charge is 2.21. The van der Waals surface area contributed by atoms with Crippen LogP contribution in [0.1, 0.15) is 28.4 Å². The van der Waals surface area contributed by atoms with Crippen LogP contribution in [-0.4, -0.2) is 41.4 Å². The third-order valence-corrected chi connectivity index (χ3v) is 2.64. The van der Waals surface area contributed by atoms with E-state index in [1.807, 2.05) is 0 Å². The smallest absolute Gasteiger partial charge is 0.168 e. The number of ether oxygens (including phenoxy) is 1. The quantitative estimate of drug-likeness (QED) is 0.530. The Bertz CT molecular complexity index is 421. The number of aliphatic hydroxyl groups excluding tert-OH is 2. The number of aromatic hydroxyl groups is 1. The number of methoxy groups -OCH3 is 1. The van der Waals surface area contributed by atoms with Crippen LogP contribution in [-0.2, 0) is 0 Å². The Kier molecular flexibility index (Phi) is 5.08. The van der Waals surface area contributed by atoms with Crippen molar-refractivity contribution in [1.29, 1.82) is 0 Å². The summed E-state index contributed by atoms with van der Waals surface area (Å²) in [5, 5.41) is 29.2. The second-order valence-electron chi connectivity index (χ2n) is 3.87. The van der Waals surface area contributed by atoms with E-state index in [1.165, 1.54) is 19.2 Å². The molecule has 0 saturated heterocycles. The molecule has 6 nitrogen and oxygen atoms in total. The second-order valence-corrected chi connectivity index (χ2v) is 3.87. The van der Waals surface area contributed by atoms with Gasteiger partial charge in [-0.25, -0.2) is 0 Å². The molecule has 0 spiro atoms. The summed E-state index contributed by atoms with van der Waals surface area (Å²) < 4.78 is 4.89. The molecular formula is C12H17NO5. The first-order valence-electron chi connectivity index (χ1n) is 5.47. The molecule has 0 saturated carbocycles. The van der Waals surface area contributed by atoms with Gasteiger partial charge in [-0.1, -0.05) is 0 Å². The lowest BCUT2D eigenvalue weighted by Crippen LogP contribution is -2.22. The van der Waals surface area contributed by atoms with Gasteiger partial charge in [0.25, 0.3) is 0 Å². The minimum atomic E-state index is -1.19. The molecule has 5 N–H and O–H groups in total. The van der Waals surface area contributed by atoms with Gasteiger partial charge in [-0.05, 0) is 30.7 Å².